The van der Waals surface area contributed by atoms with Gasteiger partial charge < -0.3 is 20.6 Å². The summed E-state index contributed by atoms with van der Waals surface area (Å²) >= 11 is 0. The number of aliphatic hydroxyl groups is 3. The molecular weight excluding hydrogens is 727 g/mol. The van der Waals surface area contributed by atoms with Crippen molar-refractivity contribution in [2.24, 2.45) is 0 Å². The highest BCUT2D eigenvalue weighted by atomic mass is 16.3. The van der Waals surface area contributed by atoms with Gasteiger partial charge in [0.15, 0.2) is 0 Å². The van der Waals surface area contributed by atoms with E-state index in [1.807, 2.05) is 6.08 Å². The highest BCUT2D eigenvalue weighted by molar-refractivity contribution is 5.80. The van der Waals surface area contributed by atoms with Crippen molar-refractivity contribution in [2.75, 3.05) is 6.61 Å². The van der Waals surface area contributed by atoms with Crippen LogP contribution in [0.1, 0.15) is 277 Å². The number of hydrogen-bond donors (Lipinski definition) is 4. The molecule has 0 rings (SSSR count). The monoisotopic (exact) mass is 830 g/mol. The van der Waals surface area contributed by atoms with E-state index in [4.69, 9.17) is 0 Å². The Hall–Kier alpha value is -1.43. The van der Waals surface area contributed by atoms with Crippen LogP contribution in [0, 0.1) is 0 Å². The molecule has 4 N–H and O–H groups in total. The van der Waals surface area contributed by atoms with Gasteiger partial charge in [0.05, 0.1) is 18.8 Å². The summed E-state index contributed by atoms with van der Waals surface area (Å²) in [5.74, 6) is -0.513. The maximum absolute atomic E-state index is 12.5. The predicted molar refractivity (Wildman–Crippen MR) is 259 cm³/mol. The summed E-state index contributed by atoms with van der Waals surface area (Å²) in [6, 6.07) is -0.819. The van der Waals surface area contributed by atoms with Crippen LogP contribution < -0.4 is 5.32 Å². The number of allylic oxidation sites excluding steroid dienone is 5. The topological polar surface area (TPSA) is 89.8 Å². The van der Waals surface area contributed by atoms with Gasteiger partial charge in [-0.1, -0.05) is 269 Å². The Bertz CT molecular complexity index is 916. The van der Waals surface area contributed by atoms with E-state index < -0.39 is 24.2 Å². The van der Waals surface area contributed by atoms with Crippen LogP contribution in [-0.2, 0) is 4.79 Å². The number of carbonyl (C=O) groups is 1. The lowest BCUT2D eigenvalue weighted by Crippen LogP contribution is -2.48. The minimum absolute atomic E-state index is 0.379. The second-order valence-corrected chi connectivity index (χ2v) is 18.1. The molecule has 5 nitrogen and oxygen atoms in total. The Morgan fingerprint density at radius 2 is 0.695 bits per heavy atom. The summed E-state index contributed by atoms with van der Waals surface area (Å²) in [6.45, 7) is 4.19. The lowest BCUT2D eigenvalue weighted by atomic mass is 10.0. The number of amides is 1. The van der Waals surface area contributed by atoms with Crippen LogP contribution in [0.15, 0.2) is 36.5 Å². The first-order valence-corrected chi connectivity index (χ1v) is 26.3. The van der Waals surface area contributed by atoms with Gasteiger partial charge in [-0.15, -0.1) is 0 Å². The predicted octanol–water partition coefficient (Wildman–Crippen LogP) is 15.9. The molecule has 59 heavy (non-hydrogen) atoms. The van der Waals surface area contributed by atoms with Crippen molar-refractivity contribution in [1.29, 1.82) is 0 Å². The number of unbranched alkanes of at least 4 members (excludes halogenated alkanes) is 36. The van der Waals surface area contributed by atoms with Gasteiger partial charge in [-0.2, -0.15) is 0 Å². The molecular formula is C54H103NO4. The van der Waals surface area contributed by atoms with E-state index in [1.54, 1.807) is 6.08 Å². The third-order valence-corrected chi connectivity index (χ3v) is 12.2. The van der Waals surface area contributed by atoms with Crippen LogP contribution in [0.5, 0.6) is 0 Å². The van der Waals surface area contributed by atoms with E-state index in [-0.39, 0.29) is 6.61 Å². The Labute approximate surface area is 368 Å². The van der Waals surface area contributed by atoms with Gasteiger partial charge in [0, 0.05) is 0 Å². The molecule has 0 fully saturated rings. The SMILES string of the molecule is CCCCCCCCCCC/C=C/CC/C=C/CC/C=C/C(O)C(CO)NC(=O)C(O)CCCCCCCCCCCCCCCCCCCCCCCCCCCC. The largest absolute Gasteiger partial charge is 0.394 e. The smallest absolute Gasteiger partial charge is 0.249 e. The van der Waals surface area contributed by atoms with Crippen molar-refractivity contribution < 1.29 is 20.1 Å². The Kier molecular flexibility index (Phi) is 48.0. The van der Waals surface area contributed by atoms with Gasteiger partial charge in [-0.05, 0) is 44.9 Å². The van der Waals surface area contributed by atoms with Crippen LogP contribution in [0.2, 0.25) is 0 Å². The lowest BCUT2D eigenvalue weighted by molar-refractivity contribution is -0.131. The quantitative estimate of drug-likeness (QED) is 0.0363. The van der Waals surface area contributed by atoms with E-state index in [1.165, 1.54) is 212 Å². The zero-order chi connectivity index (χ0) is 43.0. The molecule has 0 heterocycles. The third-order valence-electron chi connectivity index (χ3n) is 12.2. The van der Waals surface area contributed by atoms with Crippen molar-refractivity contribution >= 4 is 5.91 Å². The molecule has 1 amide bonds. The van der Waals surface area contributed by atoms with Gasteiger partial charge in [0.25, 0.3) is 0 Å². The van der Waals surface area contributed by atoms with Crippen molar-refractivity contribution in [3.05, 3.63) is 36.5 Å². The highest BCUT2D eigenvalue weighted by Crippen LogP contribution is 2.17. The fraction of sp³-hybridized carbons (Fsp3) is 0.870. The van der Waals surface area contributed by atoms with E-state index in [2.05, 4.69) is 43.5 Å². The normalized spacial score (nSPS) is 13.6. The highest BCUT2D eigenvalue weighted by Gasteiger charge is 2.22. The average molecular weight is 830 g/mol. The maximum atomic E-state index is 12.5. The summed E-state index contributed by atoms with van der Waals surface area (Å²) in [6.07, 6.45) is 63.5. The molecule has 0 aromatic carbocycles. The molecule has 5 heteroatoms. The summed E-state index contributed by atoms with van der Waals surface area (Å²) in [4.78, 5) is 12.5. The van der Waals surface area contributed by atoms with Crippen molar-refractivity contribution in [3.8, 4) is 0 Å². The molecule has 0 aliphatic carbocycles. The molecule has 0 aromatic rings. The van der Waals surface area contributed by atoms with Crippen LogP contribution in [0.4, 0.5) is 0 Å². The number of nitrogens with one attached hydrogen (secondary N) is 1. The van der Waals surface area contributed by atoms with E-state index >= 15 is 0 Å². The average Bonchev–Trinajstić information content (AvgIpc) is 3.24. The standard InChI is InChI=1S/C54H103NO4/c1-3-5-7-9-11-13-15-17-19-21-23-24-25-26-27-28-29-31-33-35-37-39-41-43-45-47-49-53(58)54(59)55-51(50-56)52(57)48-46-44-42-40-38-36-34-32-30-22-20-18-16-14-12-10-8-6-4-2/h30,32,38,40,46,48,51-53,56-58H,3-29,31,33-37,39,41-45,47,49-50H2,1-2H3,(H,55,59)/b32-30+,40-38+,48-46+. The maximum Gasteiger partial charge on any atom is 0.249 e. The van der Waals surface area contributed by atoms with Crippen molar-refractivity contribution in [1.82, 2.24) is 5.32 Å². The molecule has 0 bridgehead atoms. The molecule has 0 radical (unpaired) electrons. The first-order chi connectivity index (χ1) is 29.1. The van der Waals surface area contributed by atoms with Crippen LogP contribution in [0.25, 0.3) is 0 Å². The minimum Gasteiger partial charge on any atom is -0.394 e. The summed E-state index contributed by atoms with van der Waals surface area (Å²) in [5.41, 5.74) is 0. The zero-order valence-electron chi connectivity index (χ0n) is 39.6. The molecule has 0 saturated carbocycles. The van der Waals surface area contributed by atoms with Crippen molar-refractivity contribution in [2.45, 2.75) is 295 Å². The Morgan fingerprint density at radius 1 is 0.407 bits per heavy atom. The van der Waals surface area contributed by atoms with Gasteiger partial charge in [0.1, 0.15) is 6.10 Å². The fourth-order valence-electron chi connectivity index (χ4n) is 8.10. The van der Waals surface area contributed by atoms with Gasteiger partial charge in [0.2, 0.25) is 5.91 Å². The molecule has 348 valence electrons. The Morgan fingerprint density at radius 3 is 1.03 bits per heavy atom. The second-order valence-electron chi connectivity index (χ2n) is 18.1. The Balaban J connectivity index is 3.61. The molecule has 0 aliphatic rings. The molecule has 3 unspecified atom stereocenters. The number of hydrogen-bond acceptors (Lipinski definition) is 4. The van der Waals surface area contributed by atoms with E-state index in [9.17, 15) is 20.1 Å². The van der Waals surface area contributed by atoms with E-state index in [0.29, 0.717) is 6.42 Å². The number of aliphatic hydroxyl groups excluding tert-OH is 3. The molecule has 0 spiro atoms. The number of carbonyl (C=O) groups excluding carboxylic acids is 1. The van der Waals surface area contributed by atoms with Crippen molar-refractivity contribution in [3.63, 3.8) is 0 Å². The summed E-state index contributed by atoms with van der Waals surface area (Å²) in [7, 11) is 0. The van der Waals surface area contributed by atoms with Gasteiger partial charge >= 0.3 is 0 Å². The molecule has 0 aliphatic heterocycles. The zero-order valence-corrected chi connectivity index (χ0v) is 39.6. The molecule has 0 aromatic heterocycles. The lowest BCUT2D eigenvalue weighted by Gasteiger charge is -2.21. The van der Waals surface area contributed by atoms with E-state index in [0.717, 1.165) is 44.9 Å². The first kappa shape index (κ1) is 57.6. The van der Waals surface area contributed by atoms with Crippen LogP contribution in [0.3, 0.4) is 0 Å². The van der Waals surface area contributed by atoms with Crippen LogP contribution >= 0.6 is 0 Å². The summed E-state index contributed by atoms with van der Waals surface area (Å²) < 4.78 is 0. The van der Waals surface area contributed by atoms with Gasteiger partial charge in [-0.3, -0.25) is 4.79 Å². The minimum atomic E-state index is -1.11. The first-order valence-electron chi connectivity index (χ1n) is 26.3. The van der Waals surface area contributed by atoms with Crippen LogP contribution in [-0.4, -0.2) is 46.1 Å². The molecule has 3 atom stereocenters. The molecule has 0 saturated heterocycles. The van der Waals surface area contributed by atoms with Gasteiger partial charge in [-0.25, -0.2) is 0 Å². The number of rotatable bonds is 48. The third kappa shape index (κ3) is 44.4. The summed E-state index contributed by atoms with van der Waals surface area (Å²) in [5, 5.41) is 33.3. The fourth-order valence-corrected chi connectivity index (χ4v) is 8.10. The second kappa shape index (κ2) is 49.2.